The monoisotopic (exact) mass is 938 g/mol. The van der Waals surface area contributed by atoms with Gasteiger partial charge in [0, 0.05) is 23.4 Å². The molecule has 0 radical (unpaired) electrons. The van der Waals surface area contributed by atoms with Crippen molar-refractivity contribution in [2.75, 3.05) is 32.6 Å². The van der Waals surface area contributed by atoms with Gasteiger partial charge in [-0.25, -0.2) is 21.8 Å². The van der Waals surface area contributed by atoms with Crippen LogP contribution in [0.15, 0.2) is 64.9 Å². The number of sulfonamides is 1. The number of nitrogens with zero attached hydrogens (tertiary/aromatic N) is 1. The van der Waals surface area contributed by atoms with E-state index in [1.165, 1.54) is 31.2 Å². The maximum Gasteiger partial charge on any atom is 0.417 e. The molecule has 1 heterocycles. The summed E-state index contributed by atoms with van der Waals surface area (Å²) in [6.45, 7) is 5.09. The first kappa shape index (κ1) is 47.9. The van der Waals surface area contributed by atoms with Crippen molar-refractivity contribution in [3.63, 3.8) is 0 Å². The molecule has 1 unspecified atom stereocenters. The molecule has 15 nitrogen and oxygen atoms in total. The number of hydrogen-bond donors (Lipinski definition) is 4. The first-order valence-corrected chi connectivity index (χ1v) is 22.3. The maximum atomic E-state index is 16.3. The Morgan fingerprint density at radius 1 is 0.841 bits per heavy atom. The largest absolute Gasteiger partial charge is 0.485 e. The Morgan fingerprint density at radius 2 is 1.43 bits per heavy atom. The van der Waals surface area contributed by atoms with Crippen molar-refractivity contribution in [2.45, 2.75) is 38.1 Å². The number of carbonyl (C=O) groups is 3. The van der Waals surface area contributed by atoms with E-state index in [4.69, 9.17) is 24.0 Å². The highest BCUT2D eigenvalue weighted by Crippen LogP contribution is 2.46. The molecule has 0 aliphatic carbocycles. The number of thiophene rings is 1. The number of carbonyl (C=O) groups excluding carboxylic acids is 3. The van der Waals surface area contributed by atoms with Gasteiger partial charge in [0.1, 0.15) is 35.2 Å². The molecule has 23 heteroatoms. The first-order valence-electron chi connectivity index (χ1n) is 18.3. The van der Waals surface area contributed by atoms with E-state index >= 15 is 8.78 Å². The van der Waals surface area contributed by atoms with Crippen molar-refractivity contribution < 1.29 is 72.9 Å². The maximum absolute atomic E-state index is 16.3. The van der Waals surface area contributed by atoms with Gasteiger partial charge in [0.2, 0.25) is 11.5 Å². The highest BCUT2D eigenvalue weighted by atomic mass is 32.2. The van der Waals surface area contributed by atoms with Crippen molar-refractivity contribution in [2.24, 2.45) is 0 Å². The third-order valence-corrected chi connectivity index (χ3v) is 13.1. The molecule has 0 fully saturated rings. The average Bonchev–Trinajstić information content (AvgIpc) is 3.68. The normalized spacial score (nSPS) is 12.5. The second kappa shape index (κ2) is 19.5. The van der Waals surface area contributed by atoms with Crippen LogP contribution in [0.4, 0.5) is 22.0 Å². The number of amides is 2. The molecular weight excluding hydrogens is 903 g/mol. The van der Waals surface area contributed by atoms with Crippen LogP contribution in [-0.4, -0.2) is 63.7 Å². The number of benzene rings is 4. The highest BCUT2D eigenvalue weighted by molar-refractivity contribution is 7.92. The summed E-state index contributed by atoms with van der Waals surface area (Å²) in [6.07, 6.45) is -6.45. The van der Waals surface area contributed by atoms with Crippen LogP contribution in [0.1, 0.15) is 55.5 Å². The van der Waals surface area contributed by atoms with Crippen LogP contribution in [-0.2, 0) is 25.6 Å². The number of halogens is 5. The number of rotatable bonds is 17. The van der Waals surface area contributed by atoms with E-state index < -0.39 is 115 Å². The molecule has 4 N–H and O–H groups in total. The zero-order chi connectivity index (χ0) is 46.4. The molecule has 1 atom stereocenters. The Hall–Kier alpha value is -6.11. The van der Waals surface area contributed by atoms with Crippen LogP contribution < -0.4 is 34.1 Å². The lowest BCUT2D eigenvalue weighted by atomic mass is 10.1. The minimum atomic E-state index is -5.10. The summed E-state index contributed by atoms with van der Waals surface area (Å²) in [5.74, 6) is -6.49. The van der Waals surface area contributed by atoms with Gasteiger partial charge < -0.3 is 34.3 Å². The minimum Gasteiger partial charge on any atom is -0.485 e. The second-order valence-electron chi connectivity index (χ2n) is 13.5. The van der Waals surface area contributed by atoms with Gasteiger partial charge >= 0.3 is 19.7 Å². The minimum absolute atomic E-state index is 0.170. The molecule has 63 heavy (non-hydrogen) atoms. The zero-order valence-corrected chi connectivity index (χ0v) is 36.0. The summed E-state index contributed by atoms with van der Waals surface area (Å²) in [4.78, 5) is 47.2. The Labute approximate surface area is 360 Å². The number of fused-ring (bicyclic) bond motifs is 1. The van der Waals surface area contributed by atoms with Crippen LogP contribution in [0.5, 0.6) is 23.0 Å². The van der Waals surface area contributed by atoms with E-state index in [2.05, 4.69) is 10.6 Å². The molecule has 4 aromatic carbocycles. The summed E-state index contributed by atoms with van der Waals surface area (Å²) < 4.78 is 133. The molecule has 2 amide bonds. The highest BCUT2D eigenvalue weighted by Gasteiger charge is 2.35. The third kappa shape index (κ3) is 11.9. The number of nitrogens with one attached hydrogen (secondary N) is 3. The topological polar surface area (TPSA) is 219 Å². The van der Waals surface area contributed by atoms with Crippen LogP contribution in [0.25, 0.3) is 10.1 Å². The second-order valence-corrected chi connectivity index (χ2v) is 18.3. The Kier molecular flexibility index (Phi) is 14.8. The number of nitriles is 1. The molecule has 0 aliphatic heterocycles. The number of ether oxygens (including phenoxy) is 3. The lowest BCUT2D eigenvalue weighted by Gasteiger charge is -2.16. The Morgan fingerprint density at radius 3 is 1.98 bits per heavy atom. The van der Waals surface area contributed by atoms with Crippen LogP contribution in [0, 0.1) is 43.7 Å². The van der Waals surface area contributed by atoms with Crippen molar-refractivity contribution in [1.82, 2.24) is 15.4 Å². The molecular formula is C40H36F5N4O11PS2. The molecule has 334 valence electrons. The summed E-state index contributed by atoms with van der Waals surface area (Å²) in [5, 5.41) is 13.5. The quantitative estimate of drug-likeness (QED) is 0.0243. The fourth-order valence-corrected chi connectivity index (χ4v) is 9.58. The zero-order valence-electron chi connectivity index (χ0n) is 33.4. The summed E-state index contributed by atoms with van der Waals surface area (Å²) in [5.41, 5.74) is 0.495. The van der Waals surface area contributed by atoms with E-state index in [0.717, 1.165) is 17.2 Å². The first-order chi connectivity index (χ1) is 29.5. The van der Waals surface area contributed by atoms with Gasteiger partial charge in [-0.15, -0.1) is 11.3 Å². The smallest absolute Gasteiger partial charge is 0.417 e. The van der Waals surface area contributed by atoms with Crippen molar-refractivity contribution in [3.8, 4) is 29.1 Å². The standard InChI is InChI=1S/C40H36F5N4O11PS2/c1-21-5-6-25(15-22(21)2)38(51)47-11-13-57-35-33(41)29-18-32(63(55,56)49-20-61(53,54)60-28-9-7-27(19-46)30(17-28)40(43,44)45)62-37(29)34(42)36(35)58-14-12-48-39(52)26-8-10-31(23(3)16-26)59-24(4)50/h5-10,15-18,49H,11-14,20H2,1-4H3,(H,47,51)(H,48,52)(H,53,54). The molecule has 5 rings (SSSR count). The predicted octanol–water partition coefficient (Wildman–Crippen LogP) is 7.04. The lowest BCUT2D eigenvalue weighted by Crippen LogP contribution is -2.29. The van der Waals surface area contributed by atoms with Gasteiger partial charge in [-0.1, -0.05) is 6.07 Å². The van der Waals surface area contributed by atoms with Gasteiger partial charge in [0.15, 0.2) is 11.6 Å². The number of aryl methyl sites for hydroxylation is 3. The van der Waals surface area contributed by atoms with Crippen LogP contribution in [0.3, 0.4) is 0 Å². The lowest BCUT2D eigenvalue weighted by molar-refractivity contribution is -0.138. The molecule has 0 saturated heterocycles. The van der Waals surface area contributed by atoms with E-state index in [0.29, 0.717) is 23.3 Å². The van der Waals surface area contributed by atoms with E-state index in [1.807, 2.05) is 13.8 Å². The van der Waals surface area contributed by atoms with Gasteiger partial charge in [0.05, 0.1) is 35.0 Å². The molecule has 0 spiro atoms. The SMILES string of the molecule is CC(=O)Oc1ccc(C(=O)NCCOc2c(OCCNC(=O)c3ccc(C)c(C)c3)c(F)c3cc(S(=O)(=O)NCP(=O)(O)Oc4ccc(C#N)c(C(F)(F)F)c4)sc3c2F)cc1C. The average molecular weight is 939 g/mol. The van der Waals surface area contributed by atoms with Crippen molar-refractivity contribution in [1.29, 1.82) is 5.26 Å². The predicted molar refractivity (Wildman–Crippen MR) is 218 cm³/mol. The van der Waals surface area contributed by atoms with E-state index in [1.54, 1.807) is 29.8 Å². The third-order valence-electron chi connectivity index (χ3n) is 8.86. The molecule has 0 aliphatic rings. The summed E-state index contributed by atoms with van der Waals surface area (Å²) in [6, 6.07) is 13.1. The number of esters is 1. The molecule has 5 aromatic rings. The van der Waals surface area contributed by atoms with E-state index in [9.17, 15) is 45.4 Å². The van der Waals surface area contributed by atoms with Gasteiger partial charge in [0.25, 0.3) is 21.8 Å². The molecule has 0 saturated carbocycles. The van der Waals surface area contributed by atoms with Gasteiger partial charge in [-0.05, 0) is 92.1 Å². The van der Waals surface area contributed by atoms with Gasteiger partial charge in [-0.3, -0.25) is 14.4 Å². The fourth-order valence-electron chi connectivity index (χ4n) is 5.64. The van der Waals surface area contributed by atoms with E-state index in [-0.39, 0.29) is 41.8 Å². The fraction of sp³-hybridized carbons (Fsp3) is 0.250. The van der Waals surface area contributed by atoms with Crippen LogP contribution >= 0.6 is 18.9 Å². The van der Waals surface area contributed by atoms with Gasteiger partial charge in [-0.2, -0.15) is 23.2 Å². The van der Waals surface area contributed by atoms with Crippen LogP contribution in [0.2, 0.25) is 0 Å². The van der Waals surface area contributed by atoms with Crippen molar-refractivity contribution >= 4 is 56.8 Å². The molecule has 0 bridgehead atoms. The molecule has 1 aromatic heterocycles. The Bertz CT molecular complexity index is 2810. The van der Waals surface area contributed by atoms with Crippen molar-refractivity contribution in [3.05, 3.63) is 111 Å². The Balaban J connectivity index is 1.35. The summed E-state index contributed by atoms with van der Waals surface area (Å²) >= 11 is 0.184. The summed E-state index contributed by atoms with van der Waals surface area (Å²) in [7, 11) is -9.98. The number of hydrogen-bond acceptors (Lipinski definition) is 12. The number of alkyl halides is 3.